The minimum atomic E-state index is 0.707. The van der Waals surface area contributed by atoms with E-state index in [-0.39, 0.29) is 0 Å². The minimum Gasteiger partial charge on any atom is -0.348 e. The summed E-state index contributed by atoms with van der Waals surface area (Å²) in [4.78, 5) is 8.49. The van der Waals surface area contributed by atoms with E-state index in [1.807, 2.05) is 11.3 Å². The Bertz CT molecular complexity index is 389. The lowest BCUT2D eigenvalue weighted by Crippen LogP contribution is -2.23. The van der Waals surface area contributed by atoms with Crippen molar-refractivity contribution in [2.75, 3.05) is 24.5 Å². The largest absolute Gasteiger partial charge is 0.348 e. The number of hydrogen-bond donors (Lipinski definition) is 1. The molecule has 2 heterocycles. The molecule has 1 aliphatic heterocycles. The molecule has 1 saturated heterocycles. The fourth-order valence-corrected chi connectivity index (χ4v) is 3.71. The number of thiazole rings is 1. The van der Waals surface area contributed by atoms with Crippen LogP contribution in [0.2, 0.25) is 0 Å². The molecule has 0 aromatic carbocycles. The van der Waals surface area contributed by atoms with Crippen molar-refractivity contribution in [3.8, 4) is 0 Å². The first-order chi connectivity index (χ1) is 9.69. The highest BCUT2D eigenvalue weighted by Gasteiger charge is 2.18. The van der Waals surface area contributed by atoms with Gasteiger partial charge in [-0.25, -0.2) is 4.98 Å². The molecule has 0 spiro atoms. The van der Waals surface area contributed by atoms with Gasteiger partial charge in [0.2, 0.25) is 0 Å². The van der Waals surface area contributed by atoms with Gasteiger partial charge in [0.1, 0.15) is 0 Å². The monoisotopic (exact) mass is 295 g/mol. The molecule has 0 bridgehead atoms. The lowest BCUT2D eigenvalue weighted by Gasteiger charge is -2.19. The Hall–Kier alpha value is -0.610. The Labute approximate surface area is 127 Å². The predicted molar refractivity (Wildman–Crippen MR) is 88.5 cm³/mol. The molecule has 1 atom stereocenters. The van der Waals surface area contributed by atoms with Crippen LogP contribution in [0.3, 0.4) is 0 Å². The van der Waals surface area contributed by atoms with Crippen LogP contribution in [0.25, 0.3) is 0 Å². The van der Waals surface area contributed by atoms with Gasteiger partial charge in [-0.05, 0) is 37.6 Å². The van der Waals surface area contributed by atoms with Gasteiger partial charge in [-0.3, -0.25) is 0 Å². The molecule has 1 aliphatic rings. The summed E-state index contributed by atoms with van der Waals surface area (Å²) in [5, 5.41) is 4.72. The maximum atomic E-state index is 4.63. The van der Waals surface area contributed by atoms with Gasteiger partial charge in [0.25, 0.3) is 0 Å². The molecule has 20 heavy (non-hydrogen) atoms. The SMILES string of the molecule is CCC1CCCN(c2ncc(CNCC(C)C)s2)CC1. The Morgan fingerprint density at radius 1 is 1.40 bits per heavy atom. The van der Waals surface area contributed by atoms with Crippen molar-refractivity contribution < 1.29 is 0 Å². The zero-order valence-corrected chi connectivity index (χ0v) is 14.0. The van der Waals surface area contributed by atoms with E-state index >= 15 is 0 Å². The molecule has 1 unspecified atom stereocenters. The molecule has 0 saturated carbocycles. The summed E-state index contributed by atoms with van der Waals surface area (Å²) >= 11 is 1.86. The van der Waals surface area contributed by atoms with Crippen LogP contribution in [0.4, 0.5) is 5.13 Å². The van der Waals surface area contributed by atoms with Gasteiger partial charge in [0, 0.05) is 30.7 Å². The van der Waals surface area contributed by atoms with Gasteiger partial charge in [0.05, 0.1) is 0 Å². The van der Waals surface area contributed by atoms with Crippen molar-refractivity contribution in [3.63, 3.8) is 0 Å². The highest BCUT2D eigenvalue weighted by Crippen LogP contribution is 2.27. The predicted octanol–water partition coefficient (Wildman–Crippen LogP) is 3.91. The molecular formula is C16H29N3S. The fourth-order valence-electron chi connectivity index (χ4n) is 2.77. The minimum absolute atomic E-state index is 0.707. The second-order valence-corrected chi connectivity index (χ2v) is 7.42. The van der Waals surface area contributed by atoms with Crippen LogP contribution in [-0.2, 0) is 6.54 Å². The van der Waals surface area contributed by atoms with Crippen molar-refractivity contribution >= 4 is 16.5 Å². The summed E-state index contributed by atoms with van der Waals surface area (Å²) < 4.78 is 0. The molecule has 2 rings (SSSR count). The van der Waals surface area contributed by atoms with Crippen LogP contribution in [0.5, 0.6) is 0 Å². The number of nitrogens with zero attached hydrogens (tertiary/aromatic N) is 2. The zero-order chi connectivity index (χ0) is 14.4. The van der Waals surface area contributed by atoms with Gasteiger partial charge < -0.3 is 10.2 Å². The number of rotatable bonds is 6. The van der Waals surface area contributed by atoms with Crippen molar-refractivity contribution in [3.05, 3.63) is 11.1 Å². The Balaban J connectivity index is 1.85. The van der Waals surface area contributed by atoms with E-state index in [1.165, 1.54) is 48.8 Å². The number of nitrogens with one attached hydrogen (secondary N) is 1. The maximum absolute atomic E-state index is 4.63. The topological polar surface area (TPSA) is 28.2 Å². The highest BCUT2D eigenvalue weighted by molar-refractivity contribution is 7.15. The van der Waals surface area contributed by atoms with Crippen LogP contribution in [0.1, 0.15) is 51.3 Å². The van der Waals surface area contributed by atoms with Gasteiger partial charge >= 0.3 is 0 Å². The summed E-state index contributed by atoms with van der Waals surface area (Å²) in [7, 11) is 0. The quantitative estimate of drug-likeness (QED) is 0.862. The third-order valence-corrected chi connectivity index (χ3v) is 5.15. The van der Waals surface area contributed by atoms with E-state index in [0.717, 1.165) is 19.0 Å². The number of anilines is 1. The van der Waals surface area contributed by atoms with E-state index in [2.05, 4.69) is 42.2 Å². The Morgan fingerprint density at radius 2 is 2.25 bits per heavy atom. The van der Waals surface area contributed by atoms with Gasteiger partial charge in [0.15, 0.2) is 5.13 Å². The maximum Gasteiger partial charge on any atom is 0.185 e. The summed E-state index contributed by atoms with van der Waals surface area (Å²) in [5.41, 5.74) is 0. The lowest BCUT2D eigenvalue weighted by molar-refractivity contribution is 0.459. The van der Waals surface area contributed by atoms with Crippen LogP contribution in [0, 0.1) is 11.8 Å². The molecule has 1 aromatic heterocycles. The van der Waals surface area contributed by atoms with Crippen molar-refractivity contribution in [2.45, 2.75) is 53.0 Å². The van der Waals surface area contributed by atoms with E-state index in [9.17, 15) is 0 Å². The van der Waals surface area contributed by atoms with Crippen LogP contribution < -0.4 is 10.2 Å². The average Bonchev–Trinajstić information content (AvgIpc) is 2.75. The highest BCUT2D eigenvalue weighted by atomic mass is 32.1. The average molecular weight is 295 g/mol. The van der Waals surface area contributed by atoms with E-state index in [1.54, 1.807) is 0 Å². The van der Waals surface area contributed by atoms with E-state index < -0.39 is 0 Å². The molecule has 1 N–H and O–H groups in total. The van der Waals surface area contributed by atoms with Crippen LogP contribution in [-0.4, -0.2) is 24.6 Å². The standard InChI is InChI=1S/C16H29N3S/c1-4-14-6-5-8-19(9-7-14)16-18-12-15(20-16)11-17-10-13(2)3/h12-14,17H,4-11H2,1-3H3. The second kappa shape index (κ2) is 7.99. The second-order valence-electron chi connectivity index (χ2n) is 6.33. The van der Waals surface area contributed by atoms with Crippen LogP contribution >= 0.6 is 11.3 Å². The van der Waals surface area contributed by atoms with E-state index in [4.69, 9.17) is 0 Å². The third-order valence-electron chi connectivity index (χ3n) is 4.09. The molecule has 0 aliphatic carbocycles. The molecule has 4 heteroatoms. The van der Waals surface area contributed by atoms with Gasteiger partial charge in [-0.2, -0.15) is 0 Å². The fraction of sp³-hybridized carbons (Fsp3) is 0.812. The van der Waals surface area contributed by atoms with Crippen molar-refractivity contribution in [2.24, 2.45) is 11.8 Å². The first-order valence-corrected chi connectivity index (χ1v) is 8.91. The first-order valence-electron chi connectivity index (χ1n) is 8.09. The molecular weight excluding hydrogens is 266 g/mol. The van der Waals surface area contributed by atoms with E-state index in [0.29, 0.717) is 5.92 Å². The molecule has 1 aromatic rings. The third kappa shape index (κ3) is 4.74. The molecule has 3 nitrogen and oxygen atoms in total. The van der Waals surface area contributed by atoms with Gasteiger partial charge in [-0.15, -0.1) is 11.3 Å². The number of hydrogen-bond acceptors (Lipinski definition) is 4. The van der Waals surface area contributed by atoms with Crippen molar-refractivity contribution in [1.82, 2.24) is 10.3 Å². The molecule has 0 radical (unpaired) electrons. The number of aromatic nitrogens is 1. The smallest absolute Gasteiger partial charge is 0.185 e. The molecule has 0 amide bonds. The molecule has 1 fully saturated rings. The summed E-state index contributed by atoms with van der Waals surface area (Å²) in [6.45, 7) is 11.2. The van der Waals surface area contributed by atoms with Crippen LogP contribution in [0.15, 0.2) is 6.20 Å². The summed E-state index contributed by atoms with van der Waals surface area (Å²) in [5.74, 6) is 1.63. The Kier molecular flexibility index (Phi) is 6.30. The molecule has 114 valence electrons. The van der Waals surface area contributed by atoms with Crippen molar-refractivity contribution in [1.29, 1.82) is 0 Å². The summed E-state index contributed by atoms with van der Waals surface area (Å²) in [6.07, 6.45) is 7.42. The zero-order valence-electron chi connectivity index (χ0n) is 13.2. The normalized spacial score (nSPS) is 20.4. The first kappa shape index (κ1) is 15.8. The lowest BCUT2D eigenvalue weighted by atomic mass is 9.98. The Morgan fingerprint density at radius 3 is 3.00 bits per heavy atom. The van der Waals surface area contributed by atoms with Gasteiger partial charge in [-0.1, -0.05) is 27.2 Å². The summed E-state index contributed by atoms with van der Waals surface area (Å²) in [6, 6.07) is 0.